The van der Waals surface area contributed by atoms with E-state index < -0.39 is 0 Å². The van der Waals surface area contributed by atoms with Crippen LogP contribution in [0.4, 0.5) is 0 Å². The van der Waals surface area contributed by atoms with Crippen molar-refractivity contribution < 1.29 is 9.63 Å². The van der Waals surface area contributed by atoms with Crippen LogP contribution >= 0.6 is 0 Å². The number of carbonyl (C=O) groups is 1. The molecule has 0 fully saturated rings. The van der Waals surface area contributed by atoms with Gasteiger partial charge in [0.2, 0.25) is 0 Å². The zero-order valence-corrected chi connectivity index (χ0v) is 12.5. The molecule has 0 aromatic heterocycles. The van der Waals surface area contributed by atoms with Gasteiger partial charge in [0, 0.05) is 12.5 Å². The zero-order chi connectivity index (χ0) is 13.6. The number of hydrogen-bond donors (Lipinski definition) is 1. The van der Waals surface area contributed by atoms with Gasteiger partial charge in [-0.15, -0.1) is 0 Å². The summed E-state index contributed by atoms with van der Waals surface area (Å²) in [5.41, 5.74) is 2.80. The molecule has 110 valence electrons. The van der Waals surface area contributed by atoms with Crippen molar-refractivity contribution >= 4 is 35.5 Å². The van der Waals surface area contributed by atoms with Gasteiger partial charge < -0.3 is 4.84 Å². The Morgan fingerprint density at radius 3 is 2.05 bits per heavy atom. The number of nitrogens with one attached hydrogen (secondary N) is 1. The predicted molar refractivity (Wildman–Crippen MR) is 83.4 cm³/mol. The van der Waals surface area contributed by atoms with E-state index in [4.69, 9.17) is 4.84 Å². The summed E-state index contributed by atoms with van der Waals surface area (Å²) < 4.78 is 0. The number of hydroxylamine groups is 1. The fourth-order valence-electron chi connectivity index (χ4n) is 1.88. The van der Waals surface area contributed by atoms with Crippen LogP contribution in [0.3, 0.4) is 0 Å². The van der Waals surface area contributed by atoms with Gasteiger partial charge in [-0.05, 0) is 13.3 Å². The predicted octanol–water partition coefficient (Wildman–Crippen LogP) is 3.72. The van der Waals surface area contributed by atoms with Gasteiger partial charge in [0.25, 0.3) is 0 Å². The SMILES string of the molecule is CCCCCCCCCCC(C)NOC(=O)CC.[NaH]. The Balaban J connectivity index is 0. The maximum absolute atomic E-state index is 10.9. The molecule has 0 aromatic carbocycles. The first-order valence-electron chi connectivity index (χ1n) is 7.65. The van der Waals surface area contributed by atoms with Crippen LogP contribution in [-0.4, -0.2) is 41.6 Å². The Kier molecular flexibility index (Phi) is 18.8. The van der Waals surface area contributed by atoms with Crippen LogP contribution < -0.4 is 5.48 Å². The molecule has 0 heterocycles. The topological polar surface area (TPSA) is 38.3 Å². The van der Waals surface area contributed by atoms with Crippen LogP contribution in [0.25, 0.3) is 0 Å². The minimum absolute atomic E-state index is 0. The zero-order valence-electron chi connectivity index (χ0n) is 12.5. The Bertz CT molecular complexity index is 201. The first-order chi connectivity index (χ1) is 8.70. The third-order valence-corrected chi connectivity index (χ3v) is 3.15. The normalized spacial score (nSPS) is 11.7. The molecule has 0 bridgehead atoms. The summed E-state index contributed by atoms with van der Waals surface area (Å²) in [5, 5.41) is 0. The first-order valence-corrected chi connectivity index (χ1v) is 7.65. The van der Waals surface area contributed by atoms with Crippen LogP contribution in [-0.2, 0) is 9.63 Å². The van der Waals surface area contributed by atoms with Gasteiger partial charge in [0.1, 0.15) is 0 Å². The Labute approximate surface area is 141 Å². The molecule has 0 aliphatic carbocycles. The molecule has 1 N–H and O–H groups in total. The van der Waals surface area contributed by atoms with Crippen LogP contribution in [0, 0.1) is 0 Å². The van der Waals surface area contributed by atoms with Crippen molar-refractivity contribution in [3.8, 4) is 0 Å². The molecule has 0 amide bonds. The van der Waals surface area contributed by atoms with E-state index in [1.54, 1.807) is 6.92 Å². The van der Waals surface area contributed by atoms with Crippen molar-refractivity contribution in [3.05, 3.63) is 0 Å². The van der Waals surface area contributed by atoms with Crippen molar-refractivity contribution in [2.75, 3.05) is 0 Å². The molecule has 1 atom stereocenters. The van der Waals surface area contributed by atoms with Gasteiger partial charge in [0.05, 0.1) is 0 Å². The third-order valence-electron chi connectivity index (χ3n) is 3.15. The van der Waals surface area contributed by atoms with Crippen molar-refractivity contribution in [2.24, 2.45) is 0 Å². The second kappa shape index (κ2) is 16.5. The molecule has 0 aliphatic heterocycles. The molecule has 3 nitrogen and oxygen atoms in total. The second-order valence-corrected chi connectivity index (χ2v) is 5.11. The van der Waals surface area contributed by atoms with E-state index in [-0.39, 0.29) is 41.6 Å². The van der Waals surface area contributed by atoms with Crippen LogP contribution in [0.5, 0.6) is 0 Å². The summed E-state index contributed by atoms with van der Waals surface area (Å²) in [5.74, 6) is -0.183. The number of carbonyl (C=O) groups excluding carboxylic acids is 1. The summed E-state index contributed by atoms with van der Waals surface area (Å²) in [6.45, 7) is 6.11. The van der Waals surface area contributed by atoms with E-state index in [0.29, 0.717) is 6.42 Å². The molecule has 0 saturated carbocycles. The van der Waals surface area contributed by atoms with E-state index in [2.05, 4.69) is 19.3 Å². The monoisotopic (exact) mass is 281 g/mol. The molecule has 19 heavy (non-hydrogen) atoms. The first kappa shape index (κ1) is 21.7. The average molecular weight is 281 g/mol. The Morgan fingerprint density at radius 1 is 1.00 bits per heavy atom. The second-order valence-electron chi connectivity index (χ2n) is 5.11. The van der Waals surface area contributed by atoms with E-state index in [9.17, 15) is 4.79 Å². The van der Waals surface area contributed by atoms with Crippen molar-refractivity contribution in [3.63, 3.8) is 0 Å². The number of rotatable bonds is 12. The van der Waals surface area contributed by atoms with Gasteiger partial charge >= 0.3 is 35.5 Å². The van der Waals surface area contributed by atoms with Gasteiger partial charge in [0.15, 0.2) is 0 Å². The number of hydrogen-bond acceptors (Lipinski definition) is 3. The molecular weight excluding hydrogens is 249 g/mol. The molecule has 0 radical (unpaired) electrons. The maximum atomic E-state index is 10.9. The average Bonchev–Trinajstić information content (AvgIpc) is 2.39. The van der Waals surface area contributed by atoms with Gasteiger partial charge in [-0.25, -0.2) is 0 Å². The van der Waals surface area contributed by atoms with Crippen LogP contribution in [0.1, 0.15) is 85.0 Å². The number of unbranched alkanes of at least 4 members (excludes halogenated alkanes) is 7. The Hall–Kier alpha value is 0.430. The minimum atomic E-state index is -0.183. The van der Waals surface area contributed by atoms with Crippen molar-refractivity contribution in [1.29, 1.82) is 0 Å². The summed E-state index contributed by atoms with van der Waals surface area (Å²) in [4.78, 5) is 15.8. The van der Waals surface area contributed by atoms with E-state index in [1.807, 2.05) is 0 Å². The molecule has 0 spiro atoms. The van der Waals surface area contributed by atoms with Crippen molar-refractivity contribution in [2.45, 2.75) is 91.0 Å². The third kappa shape index (κ3) is 16.4. The fraction of sp³-hybridized carbons (Fsp3) is 0.933. The summed E-state index contributed by atoms with van der Waals surface area (Å²) in [6.07, 6.45) is 12.2. The van der Waals surface area contributed by atoms with Gasteiger partial charge in [-0.1, -0.05) is 65.2 Å². The van der Waals surface area contributed by atoms with E-state index in [1.165, 1.54) is 51.4 Å². The van der Waals surface area contributed by atoms with Crippen LogP contribution in [0.15, 0.2) is 0 Å². The fourth-order valence-corrected chi connectivity index (χ4v) is 1.88. The van der Waals surface area contributed by atoms with E-state index in [0.717, 1.165) is 6.42 Å². The summed E-state index contributed by atoms with van der Waals surface area (Å²) in [7, 11) is 0. The molecule has 0 aliphatic rings. The molecule has 4 heteroatoms. The molecule has 0 aromatic rings. The standard InChI is InChI=1S/C15H31NO2.Na.H/c1-4-6-7-8-9-10-11-12-13-14(3)16-18-15(17)5-2;;/h14,16H,4-13H2,1-3H3;;. The quantitative estimate of drug-likeness (QED) is 0.337. The van der Waals surface area contributed by atoms with Gasteiger partial charge in [-0.3, -0.25) is 4.79 Å². The summed E-state index contributed by atoms with van der Waals surface area (Å²) >= 11 is 0. The van der Waals surface area contributed by atoms with Crippen molar-refractivity contribution in [1.82, 2.24) is 5.48 Å². The van der Waals surface area contributed by atoms with Gasteiger partial charge in [-0.2, -0.15) is 5.48 Å². The Morgan fingerprint density at radius 2 is 1.53 bits per heavy atom. The molecular formula is C15H32NNaO2. The summed E-state index contributed by atoms with van der Waals surface area (Å²) in [6, 6.07) is 0.264. The molecule has 0 rings (SSSR count). The van der Waals surface area contributed by atoms with Crippen LogP contribution in [0.2, 0.25) is 0 Å². The van der Waals surface area contributed by atoms with E-state index >= 15 is 0 Å². The molecule has 0 saturated heterocycles. The molecule has 1 unspecified atom stereocenters.